The minimum atomic E-state index is -0.166. The van der Waals surface area contributed by atoms with E-state index >= 15 is 0 Å². The fraction of sp³-hybridized carbons (Fsp3) is 0.500. The third kappa shape index (κ3) is 4.76. The summed E-state index contributed by atoms with van der Waals surface area (Å²) in [6, 6.07) is 5.60. The molecule has 0 heterocycles. The van der Waals surface area contributed by atoms with Crippen LogP contribution in [0.5, 0.6) is 0 Å². The number of rotatable bonds is 5. The lowest BCUT2D eigenvalue weighted by Crippen LogP contribution is -2.20. The summed E-state index contributed by atoms with van der Waals surface area (Å²) < 4.78 is 13.9. The minimum Gasteiger partial charge on any atom is -0.317 e. The lowest BCUT2D eigenvalue weighted by atomic mass is 10.1. The first-order valence-corrected chi connectivity index (χ1v) is 6.03. The van der Waals surface area contributed by atoms with Crippen LogP contribution in [0.25, 0.3) is 0 Å². The van der Waals surface area contributed by atoms with Crippen LogP contribution < -0.4 is 5.32 Å². The second kappa shape index (κ2) is 6.23. The van der Waals surface area contributed by atoms with Gasteiger partial charge in [0.2, 0.25) is 0 Å². The Morgan fingerprint density at radius 1 is 1.40 bits per heavy atom. The van der Waals surface area contributed by atoms with E-state index in [-0.39, 0.29) is 5.82 Å². The SMILES string of the molecule is CNC(C)CCCc1cc(F)cc(Br)c1. The Kier molecular flexibility index (Phi) is 5.26. The molecule has 1 unspecified atom stereocenters. The molecule has 84 valence electrons. The highest BCUT2D eigenvalue weighted by Gasteiger charge is 2.01. The van der Waals surface area contributed by atoms with E-state index in [1.54, 1.807) is 6.07 Å². The summed E-state index contributed by atoms with van der Waals surface area (Å²) in [4.78, 5) is 0. The van der Waals surface area contributed by atoms with Crippen LogP contribution >= 0.6 is 15.9 Å². The standard InChI is InChI=1S/C12H17BrFN/c1-9(15-2)4-3-5-10-6-11(13)8-12(14)7-10/h6-9,15H,3-5H2,1-2H3. The molecule has 15 heavy (non-hydrogen) atoms. The molecule has 1 nitrogen and oxygen atoms in total. The minimum absolute atomic E-state index is 0.166. The van der Waals surface area contributed by atoms with Gasteiger partial charge in [-0.3, -0.25) is 0 Å². The summed E-state index contributed by atoms with van der Waals surface area (Å²) in [6.45, 7) is 2.15. The third-order valence-electron chi connectivity index (χ3n) is 2.52. The largest absolute Gasteiger partial charge is 0.317 e. The van der Waals surface area contributed by atoms with E-state index in [2.05, 4.69) is 28.2 Å². The number of aryl methyl sites for hydroxylation is 1. The molecule has 0 spiro atoms. The van der Waals surface area contributed by atoms with E-state index < -0.39 is 0 Å². The highest BCUT2D eigenvalue weighted by Crippen LogP contribution is 2.16. The molecule has 0 aliphatic heterocycles. The third-order valence-corrected chi connectivity index (χ3v) is 2.98. The quantitative estimate of drug-likeness (QED) is 0.866. The molecule has 1 aromatic rings. The number of benzene rings is 1. The molecule has 0 bridgehead atoms. The van der Waals surface area contributed by atoms with E-state index in [0.717, 1.165) is 29.3 Å². The highest BCUT2D eigenvalue weighted by molar-refractivity contribution is 9.10. The van der Waals surface area contributed by atoms with E-state index in [4.69, 9.17) is 0 Å². The Morgan fingerprint density at radius 3 is 2.73 bits per heavy atom. The molecule has 0 saturated carbocycles. The van der Waals surface area contributed by atoms with Crippen molar-refractivity contribution in [1.82, 2.24) is 5.32 Å². The summed E-state index contributed by atoms with van der Waals surface area (Å²) in [7, 11) is 1.96. The average molecular weight is 274 g/mol. The monoisotopic (exact) mass is 273 g/mol. The van der Waals surface area contributed by atoms with Gasteiger partial charge in [0, 0.05) is 10.5 Å². The van der Waals surface area contributed by atoms with Crippen LogP contribution in [0.1, 0.15) is 25.3 Å². The topological polar surface area (TPSA) is 12.0 Å². The van der Waals surface area contributed by atoms with E-state index in [9.17, 15) is 4.39 Å². The van der Waals surface area contributed by atoms with Crippen molar-refractivity contribution >= 4 is 15.9 Å². The van der Waals surface area contributed by atoms with Gasteiger partial charge in [0.25, 0.3) is 0 Å². The molecule has 1 N–H and O–H groups in total. The Morgan fingerprint density at radius 2 is 2.13 bits per heavy atom. The van der Waals surface area contributed by atoms with Crippen molar-refractivity contribution in [2.75, 3.05) is 7.05 Å². The van der Waals surface area contributed by atoms with Gasteiger partial charge in [-0.2, -0.15) is 0 Å². The first-order chi connectivity index (χ1) is 7.11. The number of nitrogens with one attached hydrogen (secondary N) is 1. The smallest absolute Gasteiger partial charge is 0.124 e. The van der Waals surface area contributed by atoms with Crippen molar-refractivity contribution in [3.63, 3.8) is 0 Å². The summed E-state index contributed by atoms with van der Waals surface area (Å²) in [6.07, 6.45) is 3.13. The van der Waals surface area contributed by atoms with Crippen LogP contribution in [-0.4, -0.2) is 13.1 Å². The van der Waals surface area contributed by atoms with E-state index in [1.807, 2.05) is 13.1 Å². The zero-order valence-corrected chi connectivity index (χ0v) is 10.8. The molecular weight excluding hydrogens is 257 g/mol. The molecule has 1 aromatic carbocycles. The Balaban J connectivity index is 2.43. The molecule has 0 aliphatic carbocycles. The van der Waals surface area contributed by atoms with Crippen LogP contribution in [0.2, 0.25) is 0 Å². The normalized spacial score (nSPS) is 12.8. The van der Waals surface area contributed by atoms with Crippen LogP contribution in [0.4, 0.5) is 4.39 Å². The molecule has 3 heteroatoms. The molecular formula is C12H17BrFN. The van der Waals surface area contributed by atoms with E-state index in [0.29, 0.717) is 6.04 Å². The predicted octanol–water partition coefficient (Wildman–Crippen LogP) is 3.52. The fourth-order valence-corrected chi connectivity index (χ4v) is 2.02. The number of hydrogen-bond donors (Lipinski definition) is 1. The zero-order chi connectivity index (χ0) is 11.3. The second-order valence-corrected chi connectivity index (χ2v) is 4.78. The van der Waals surface area contributed by atoms with Crippen molar-refractivity contribution in [2.24, 2.45) is 0 Å². The first-order valence-electron chi connectivity index (χ1n) is 5.24. The van der Waals surface area contributed by atoms with Crippen LogP contribution in [-0.2, 0) is 6.42 Å². The van der Waals surface area contributed by atoms with Crippen LogP contribution in [0, 0.1) is 5.82 Å². The number of halogens is 2. The van der Waals surface area contributed by atoms with Crippen molar-refractivity contribution in [1.29, 1.82) is 0 Å². The van der Waals surface area contributed by atoms with Crippen molar-refractivity contribution in [2.45, 2.75) is 32.2 Å². The summed E-state index contributed by atoms with van der Waals surface area (Å²) in [5.74, 6) is -0.166. The van der Waals surface area contributed by atoms with Gasteiger partial charge < -0.3 is 5.32 Å². The van der Waals surface area contributed by atoms with Crippen LogP contribution in [0.15, 0.2) is 22.7 Å². The maximum atomic E-state index is 13.0. The van der Waals surface area contributed by atoms with E-state index in [1.165, 1.54) is 6.07 Å². The summed E-state index contributed by atoms with van der Waals surface area (Å²) in [5, 5.41) is 3.19. The van der Waals surface area contributed by atoms with Gasteiger partial charge >= 0.3 is 0 Å². The molecule has 1 rings (SSSR count). The molecule has 0 saturated heterocycles. The molecule has 0 amide bonds. The molecule has 0 aromatic heterocycles. The lowest BCUT2D eigenvalue weighted by Gasteiger charge is -2.09. The van der Waals surface area contributed by atoms with Gasteiger partial charge in [-0.25, -0.2) is 4.39 Å². The second-order valence-electron chi connectivity index (χ2n) is 3.86. The van der Waals surface area contributed by atoms with Gasteiger partial charge in [0.15, 0.2) is 0 Å². The van der Waals surface area contributed by atoms with Gasteiger partial charge in [-0.1, -0.05) is 15.9 Å². The zero-order valence-electron chi connectivity index (χ0n) is 9.19. The Labute approximate surface area is 99.2 Å². The van der Waals surface area contributed by atoms with Crippen molar-refractivity contribution < 1.29 is 4.39 Å². The van der Waals surface area contributed by atoms with Gasteiger partial charge in [0.1, 0.15) is 5.82 Å². The summed E-state index contributed by atoms with van der Waals surface area (Å²) >= 11 is 3.30. The van der Waals surface area contributed by atoms with Crippen LogP contribution in [0.3, 0.4) is 0 Å². The Hall–Kier alpha value is -0.410. The molecule has 0 aliphatic rings. The van der Waals surface area contributed by atoms with Gasteiger partial charge in [0.05, 0.1) is 0 Å². The molecule has 0 fully saturated rings. The lowest BCUT2D eigenvalue weighted by molar-refractivity contribution is 0.541. The predicted molar refractivity (Wildman–Crippen MR) is 65.6 cm³/mol. The molecule has 0 radical (unpaired) electrons. The fourth-order valence-electron chi connectivity index (χ4n) is 1.51. The maximum absolute atomic E-state index is 13.0. The van der Waals surface area contributed by atoms with Crippen molar-refractivity contribution in [3.8, 4) is 0 Å². The molecule has 1 atom stereocenters. The summed E-state index contributed by atoms with van der Waals surface area (Å²) in [5.41, 5.74) is 1.06. The van der Waals surface area contributed by atoms with Gasteiger partial charge in [-0.05, 0) is 57.0 Å². The Bertz CT molecular complexity index is 294. The maximum Gasteiger partial charge on any atom is 0.124 e. The highest BCUT2D eigenvalue weighted by atomic mass is 79.9. The first kappa shape index (κ1) is 12.7. The van der Waals surface area contributed by atoms with Crippen molar-refractivity contribution in [3.05, 3.63) is 34.1 Å². The number of hydrogen-bond acceptors (Lipinski definition) is 1. The average Bonchev–Trinajstić information content (AvgIpc) is 2.16. The van der Waals surface area contributed by atoms with Gasteiger partial charge in [-0.15, -0.1) is 0 Å².